The molecular formula is C18H23N5O2S2. The van der Waals surface area contributed by atoms with Gasteiger partial charge in [-0.15, -0.1) is 21.5 Å². The number of nitrogens with zero attached hydrogens (tertiary/aromatic N) is 4. The Balaban J connectivity index is 1.42. The van der Waals surface area contributed by atoms with Crippen LogP contribution in [-0.4, -0.2) is 43.8 Å². The van der Waals surface area contributed by atoms with E-state index in [1.54, 1.807) is 11.3 Å². The molecule has 1 aliphatic heterocycles. The summed E-state index contributed by atoms with van der Waals surface area (Å²) in [5.74, 6) is 1.48. The monoisotopic (exact) mass is 405 g/mol. The molecule has 2 aliphatic rings. The van der Waals surface area contributed by atoms with E-state index in [-0.39, 0.29) is 24.3 Å². The fraction of sp³-hybridized carbons (Fsp3) is 0.556. The normalized spacial score (nSPS) is 19.6. The van der Waals surface area contributed by atoms with Crippen molar-refractivity contribution >= 4 is 34.9 Å². The van der Waals surface area contributed by atoms with Crippen LogP contribution in [0.4, 0.5) is 0 Å². The first-order valence-electron chi connectivity index (χ1n) is 9.30. The third-order valence-electron chi connectivity index (χ3n) is 5.04. The van der Waals surface area contributed by atoms with E-state index in [9.17, 15) is 9.59 Å². The number of thiophene rings is 1. The van der Waals surface area contributed by atoms with Gasteiger partial charge in [0.05, 0.1) is 11.8 Å². The molecule has 0 spiro atoms. The van der Waals surface area contributed by atoms with Crippen LogP contribution in [0.1, 0.15) is 54.8 Å². The average molecular weight is 406 g/mol. The Kier molecular flexibility index (Phi) is 5.49. The van der Waals surface area contributed by atoms with Crippen LogP contribution in [0.3, 0.4) is 0 Å². The number of thioether (sulfide) groups is 1. The Morgan fingerprint density at radius 2 is 2.15 bits per heavy atom. The van der Waals surface area contributed by atoms with Crippen molar-refractivity contribution in [3.8, 4) is 0 Å². The van der Waals surface area contributed by atoms with Crippen LogP contribution in [0.25, 0.3) is 0 Å². The highest BCUT2D eigenvalue weighted by molar-refractivity contribution is 7.99. The minimum Gasteiger partial charge on any atom is -0.370 e. The van der Waals surface area contributed by atoms with Gasteiger partial charge in [-0.2, -0.15) is 0 Å². The van der Waals surface area contributed by atoms with Crippen LogP contribution in [0.2, 0.25) is 0 Å². The smallest absolute Gasteiger partial charge is 0.233 e. The number of carbonyl (C=O) groups is 2. The maximum atomic E-state index is 12.8. The van der Waals surface area contributed by atoms with Crippen molar-refractivity contribution in [1.82, 2.24) is 19.7 Å². The van der Waals surface area contributed by atoms with E-state index in [1.165, 1.54) is 16.6 Å². The van der Waals surface area contributed by atoms with Gasteiger partial charge >= 0.3 is 0 Å². The first-order valence-corrected chi connectivity index (χ1v) is 11.2. The van der Waals surface area contributed by atoms with Gasteiger partial charge in [0.15, 0.2) is 5.16 Å². The first-order chi connectivity index (χ1) is 13.1. The highest BCUT2D eigenvalue weighted by Crippen LogP contribution is 2.40. The molecule has 1 unspecified atom stereocenters. The van der Waals surface area contributed by atoms with Crippen LogP contribution in [0, 0.1) is 0 Å². The predicted octanol–water partition coefficient (Wildman–Crippen LogP) is 2.55. The summed E-state index contributed by atoms with van der Waals surface area (Å²) in [5, 5.41) is 11.3. The molecule has 1 aliphatic carbocycles. The van der Waals surface area contributed by atoms with Crippen molar-refractivity contribution in [2.75, 3.05) is 12.3 Å². The number of likely N-dealkylation sites (tertiary alicyclic amines) is 1. The zero-order valence-corrected chi connectivity index (χ0v) is 16.7. The highest BCUT2D eigenvalue weighted by atomic mass is 32.2. The Bertz CT molecular complexity index is 816. The minimum atomic E-state index is -0.340. The standard InChI is InChI=1S/C18H23N5O2S2/c19-15(24)7-9-23-17(12-5-6-12)20-21-18(23)27-11-16(25)22-8-1-3-13(22)14-4-2-10-26-14/h2,4,10,12-13H,1,3,5-9,11H2,(H2,19,24). The lowest BCUT2D eigenvalue weighted by molar-refractivity contribution is -0.129. The molecule has 0 aromatic carbocycles. The van der Waals surface area contributed by atoms with E-state index in [4.69, 9.17) is 5.73 Å². The lowest BCUT2D eigenvalue weighted by atomic mass is 10.2. The second-order valence-corrected chi connectivity index (χ2v) is 8.95. The second kappa shape index (κ2) is 8.02. The molecule has 1 atom stereocenters. The van der Waals surface area contributed by atoms with Crippen molar-refractivity contribution in [1.29, 1.82) is 0 Å². The Morgan fingerprint density at radius 3 is 2.85 bits per heavy atom. The summed E-state index contributed by atoms with van der Waals surface area (Å²) >= 11 is 3.12. The molecule has 4 rings (SSSR count). The fourth-order valence-corrected chi connectivity index (χ4v) is 5.26. The number of nitrogens with two attached hydrogens (primary N) is 1. The molecule has 7 nitrogen and oxygen atoms in total. The van der Waals surface area contributed by atoms with Crippen molar-refractivity contribution in [3.63, 3.8) is 0 Å². The topological polar surface area (TPSA) is 94.1 Å². The summed E-state index contributed by atoms with van der Waals surface area (Å²) in [6.07, 6.45) is 4.53. The number of carbonyl (C=O) groups excluding carboxylic acids is 2. The van der Waals surface area contributed by atoms with E-state index in [2.05, 4.69) is 21.6 Å². The van der Waals surface area contributed by atoms with Gasteiger partial charge in [0, 0.05) is 30.3 Å². The molecule has 2 aromatic heterocycles. The van der Waals surface area contributed by atoms with Crippen LogP contribution < -0.4 is 5.73 Å². The quantitative estimate of drug-likeness (QED) is 0.681. The number of primary amides is 1. The summed E-state index contributed by atoms with van der Waals surface area (Å²) in [6.45, 7) is 1.29. The van der Waals surface area contributed by atoms with E-state index in [0.29, 0.717) is 23.4 Å². The van der Waals surface area contributed by atoms with Crippen LogP contribution in [0.5, 0.6) is 0 Å². The summed E-state index contributed by atoms with van der Waals surface area (Å²) in [6, 6.07) is 4.35. The summed E-state index contributed by atoms with van der Waals surface area (Å²) in [4.78, 5) is 27.3. The number of hydrogen-bond acceptors (Lipinski definition) is 6. The second-order valence-electron chi connectivity index (χ2n) is 7.03. The Hall–Kier alpha value is -1.87. The number of rotatable bonds is 8. The van der Waals surface area contributed by atoms with Crippen molar-refractivity contribution in [2.24, 2.45) is 5.73 Å². The molecule has 2 amide bonds. The minimum absolute atomic E-state index is 0.133. The molecular weight excluding hydrogens is 382 g/mol. The van der Waals surface area contributed by atoms with Crippen molar-refractivity contribution in [3.05, 3.63) is 28.2 Å². The Labute approximate surface area is 166 Å². The van der Waals surface area contributed by atoms with E-state index in [1.807, 2.05) is 15.5 Å². The zero-order valence-electron chi connectivity index (χ0n) is 15.0. The molecule has 3 heterocycles. The number of amides is 2. The molecule has 2 aromatic rings. The summed E-state index contributed by atoms with van der Waals surface area (Å²) < 4.78 is 1.97. The van der Waals surface area contributed by atoms with Gasteiger partial charge in [0.1, 0.15) is 5.82 Å². The molecule has 1 saturated carbocycles. The van der Waals surface area contributed by atoms with Gasteiger partial charge in [-0.25, -0.2) is 0 Å². The number of hydrogen-bond donors (Lipinski definition) is 1. The van der Waals surface area contributed by atoms with Gasteiger partial charge in [0.2, 0.25) is 11.8 Å². The Morgan fingerprint density at radius 1 is 1.30 bits per heavy atom. The maximum Gasteiger partial charge on any atom is 0.233 e. The van der Waals surface area contributed by atoms with Gasteiger partial charge < -0.3 is 15.2 Å². The molecule has 1 saturated heterocycles. The molecule has 0 bridgehead atoms. The van der Waals surface area contributed by atoms with Gasteiger partial charge in [-0.1, -0.05) is 17.8 Å². The molecule has 0 radical (unpaired) electrons. The van der Waals surface area contributed by atoms with Crippen molar-refractivity contribution in [2.45, 2.75) is 55.8 Å². The zero-order chi connectivity index (χ0) is 18.8. The fourth-order valence-electron chi connectivity index (χ4n) is 3.53. The molecule has 27 heavy (non-hydrogen) atoms. The molecule has 2 fully saturated rings. The van der Waals surface area contributed by atoms with Crippen LogP contribution in [0.15, 0.2) is 22.7 Å². The van der Waals surface area contributed by atoms with E-state index >= 15 is 0 Å². The average Bonchev–Trinajstić information content (AvgIpc) is 3.08. The van der Waals surface area contributed by atoms with Gasteiger partial charge in [-0.05, 0) is 37.1 Å². The van der Waals surface area contributed by atoms with Crippen molar-refractivity contribution < 1.29 is 9.59 Å². The predicted molar refractivity (Wildman–Crippen MR) is 105 cm³/mol. The van der Waals surface area contributed by atoms with Gasteiger partial charge in [-0.3, -0.25) is 9.59 Å². The largest absolute Gasteiger partial charge is 0.370 e. The number of aromatic nitrogens is 3. The SMILES string of the molecule is NC(=O)CCn1c(SCC(=O)N2CCCC2c2cccs2)nnc1C1CC1. The van der Waals surface area contributed by atoms with Crippen LogP contribution in [-0.2, 0) is 16.1 Å². The first kappa shape index (κ1) is 18.5. The molecule has 9 heteroatoms. The summed E-state index contributed by atoms with van der Waals surface area (Å²) in [7, 11) is 0. The highest BCUT2D eigenvalue weighted by Gasteiger charge is 2.32. The van der Waals surface area contributed by atoms with E-state index in [0.717, 1.165) is 38.1 Å². The maximum absolute atomic E-state index is 12.8. The van der Waals surface area contributed by atoms with Crippen LogP contribution >= 0.6 is 23.1 Å². The van der Waals surface area contributed by atoms with E-state index < -0.39 is 0 Å². The van der Waals surface area contributed by atoms with Gasteiger partial charge in [0.25, 0.3) is 0 Å². The lowest BCUT2D eigenvalue weighted by Gasteiger charge is -2.23. The third kappa shape index (κ3) is 4.19. The lowest BCUT2D eigenvalue weighted by Crippen LogP contribution is -2.31. The molecule has 144 valence electrons. The summed E-state index contributed by atoms with van der Waals surface area (Å²) in [5.41, 5.74) is 5.31. The molecule has 2 N–H and O–H groups in total. The third-order valence-corrected chi connectivity index (χ3v) is 6.96.